The van der Waals surface area contributed by atoms with Crippen LogP contribution >= 0.6 is 0 Å². The standard InChI is InChI=1S/C35H30O17/c36-17(7-6-13-4-2-1-3-5-13)25-18(37)8-14(9-19(25)38)50-35-31(46)30(45)32-22(51-35)12-49-33(47)15-10-20(39)26(41)28(43)23(15)24-16(34(48)52-32)11-21(40)27(42)29(24)44/h1-5,8-11,22,30-32,35,37-46H,6-7,12H2/t22-,30+,31-,32+,35-/m0/s1. The Morgan fingerprint density at radius 1 is 0.712 bits per heavy atom. The van der Waals surface area contributed by atoms with E-state index in [1.807, 2.05) is 18.2 Å². The second-order valence-corrected chi connectivity index (χ2v) is 11.9. The smallest absolute Gasteiger partial charge is 0.339 e. The molecule has 1 saturated heterocycles. The predicted octanol–water partition coefficient (Wildman–Crippen LogP) is 2.04. The number of aryl methyl sites for hydroxylation is 1. The summed E-state index contributed by atoms with van der Waals surface area (Å²) in [5.41, 5.74) is -2.86. The van der Waals surface area contributed by atoms with E-state index in [2.05, 4.69) is 0 Å². The molecule has 0 bridgehead atoms. The normalized spacial score (nSPS) is 21.4. The highest BCUT2D eigenvalue weighted by molar-refractivity contribution is 6.08. The molecule has 1 fully saturated rings. The van der Waals surface area contributed by atoms with Crippen molar-refractivity contribution in [1.29, 1.82) is 0 Å². The Hall–Kier alpha value is -6.43. The largest absolute Gasteiger partial charge is 0.507 e. The van der Waals surface area contributed by atoms with Crippen LogP contribution in [0.2, 0.25) is 0 Å². The van der Waals surface area contributed by atoms with Gasteiger partial charge in [0.25, 0.3) is 0 Å². The number of esters is 2. The van der Waals surface area contributed by atoms with Crippen molar-refractivity contribution in [3.8, 4) is 62.9 Å². The molecule has 0 unspecified atom stereocenters. The summed E-state index contributed by atoms with van der Waals surface area (Å²) in [6, 6.07) is 12.1. The number of aromatic hydroxyl groups is 8. The average molecular weight is 723 g/mol. The number of phenolic OH excluding ortho intramolecular Hbond substituents is 8. The maximum absolute atomic E-state index is 13.6. The van der Waals surface area contributed by atoms with E-state index in [9.17, 15) is 65.4 Å². The second-order valence-electron chi connectivity index (χ2n) is 11.9. The minimum absolute atomic E-state index is 0.0573. The number of hydrogen-bond acceptors (Lipinski definition) is 17. The first-order chi connectivity index (χ1) is 24.7. The second kappa shape index (κ2) is 13.7. The lowest BCUT2D eigenvalue weighted by molar-refractivity contribution is -0.276. The number of carbonyl (C=O) groups is 3. The van der Waals surface area contributed by atoms with Gasteiger partial charge in [-0.25, -0.2) is 9.59 Å². The third-order valence-corrected chi connectivity index (χ3v) is 8.55. The number of rotatable bonds is 6. The zero-order valence-electron chi connectivity index (χ0n) is 26.5. The summed E-state index contributed by atoms with van der Waals surface area (Å²) < 4.78 is 21.9. The van der Waals surface area contributed by atoms with Gasteiger partial charge in [-0.15, -0.1) is 0 Å². The van der Waals surface area contributed by atoms with Gasteiger partial charge in [0.15, 0.2) is 34.9 Å². The molecule has 4 aromatic rings. The molecule has 5 atom stereocenters. The van der Waals surface area contributed by atoms with Crippen LogP contribution in [-0.4, -0.2) is 106 Å². The third-order valence-electron chi connectivity index (χ3n) is 8.55. The first-order valence-corrected chi connectivity index (χ1v) is 15.4. The Kier molecular flexibility index (Phi) is 9.33. The van der Waals surface area contributed by atoms with E-state index in [0.717, 1.165) is 17.7 Å². The maximum Gasteiger partial charge on any atom is 0.339 e. The number of ether oxygens (including phenoxy) is 4. The number of fused-ring (bicyclic) bond motifs is 4. The van der Waals surface area contributed by atoms with Crippen molar-refractivity contribution < 1.29 is 84.4 Å². The number of aliphatic hydroxyl groups excluding tert-OH is 2. The van der Waals surface area contributed by atoms with Crippen LogP contribution in [0, 0.1) is 0 Å². The number of carbonyl (C=O) groups excluding carboxylic acids is 3. The van der Waals surface area contributed by atoms with E-state index >= 15 is 0 Å². The first-order valence-electron chi connectivity index (χ1n) is 15.4. The molecule has 2 aliphatic heterocycles. The van der Waals surface area contributed by atoms with Crippen LogP contribution in [0.25, 0.3) is 11.1 Å². The molecular formula is C35H30O17. The van der Waals surface area contributed by atoms with Crippen molar-refractivity contribution in [3.63, 3.8) is 0 Å². The summed E-state index contributed by atoms with van der Waals surface area (Å²) in [6.07, 6.45) is -9.29. The molecule has 6 rings (SSSR count). The fraction of sp³-hybridized carbons (Fsp3) is 0.229. The van der Waals surface area contributed by atoms with Gasteiger partial charge in [-0.05, 0) is 24.1 Å². The Morgan fingerprint density at radius 2 is 1.27 bits per heavy atom. The Balaban J connectivity index is 1.31. The quantitative estimate of drug-likeness (QED) is 0.0774. The molecule has 0 amide bonds. The van der Waals surface area contributed by atoms with Crippen molar-refractivity contribution in [3.05, 3.63) is 76.9 Å². The minimum Gasteiger partial charge on any atom is -0.507 e. The number of aliphatic hydroxyl groups is 2. The molecule has 0 saturated carbocycles. The highest BCUT2D eigenvalue weighted by atomic mass is 16.7. The molecular weight excluding hydrogens is 692 g/mol. The summed E-state index contributed by atoms with van der Waals surface area (Å²) in [5.74, 6) is -12.2. The molecule has 17 heteroatoms. The molecule has 10 N–H and O–H groups in total. The van der Waals surface area contributed by atoms with E-state index in [1.54, 1.807) is 12.1 Å². The predicted molar refractivity (Wildman–Crippen MR) is 172 cm³/mol. The number of ketones is 1. The van der Waals surface area contributed by atoms with E-state index in [-0.39, 0.29) is 12.2 Å². The van der Waals surface area contributed by atoms with Crippen LogP contribution in [0.1, 0.15) is 43.1 Å². The van der Waals surface area contributed by atoms with Gasteiger partial charge in [0.05, 0.1) is 11.1 Å². The third kappa shape index (κ3) is 6.34. The summed E-state index contributed by atoms with van der Waals surface area (Å²) in [5, 5.41) is 106. The van der Waals surface area contributed by atoms with Gasteiger partial charge < -0.3 is 70.0 Å². The number of Topliss-reactive ketones (excluding diaryl/α,β-unsaturated/α-hetero) is 1. The van der Waals surface area contributed by atoms with Crippen molar-refractivity contribution in [2.45, 2.75) is 43.5 Å². The highest BCUT2D eigenvalue weighted by Gasteiger charge is 2.49. The highest BCUT2D eigenvalue weighted by Crippen LogP contribution is 2.53. The minimum atomic E-state index is -2.08. The molecule has 17 nitrogen and oxygen atoms in total. The molecule has 0 spiro atoms. The number of cyclic esters (lactones) is 1. The van der Waals surface area contributed by atoms with Gasteiger partial charge in [-0.3, -0.25) is 4.79 Å². The van der Waals surface area contributed by atoms with Gasteiger partial charge >= 0.3 is 11.9 Å². The molecule has 0 aromatic heterocycles. The van der Waals surface area contributed by atoms with Gasteiger partial charge in [0.1, 0.15) is 47.7 Å². The summed E-state index contributed by atoms with van der Waals surface area (Å²) in [4.78, 5) is 39.8. The van der Waals surface area contributed by atoms with E-state index in [0.29, 0.717) is 18.6 Å². The Morgan fingerprint density at radius 3 is 1.85 bits per heavy atom. The topological polar surface area (TPSA) is 290 Å². The van der Waals surface area contributed by atoms with Crippen LogP contribution < -0.4 is 4.74 Å². The van der Waals surface area contributed by atoms with Gasteiger partial charge in [-0.2, -0.15) is 0 Å². The fourth-order valence-corrected chi connectivity index (χ4v) is 5.92. The van der Waals surface area contributed by atoms with E-state index in [4.69, 9.17) is 18.9 Å². The first kappa shape index (κ1) is 35.4. The van der Waals surface area contributed by atoms with Crippen LogP contribution in [0.3, 0.4) is 0 Å². The molecule has 0 aliphatic carbocycles. The summed E-state index contributed by atoms with van der Waals surface area (Å²) in [7, 11) is 0. The van der Waals surface area contributed by atoms with Crippen molar-refractivity contribution in [1.82, 2.24) is 0 Å². The van der Waals surface area contributed by atoms with E-state index < -0.39 is 129 Å². The number of phenols is 8. The van der Waals surface area contributed by atoms with Crippen LogP contribution in [0.4, 0.5) is 0 Å². The van der Waals surface area contributed by atoms with Gasteiger partial charge in [0, 0.05) is 29.7 Å². The molecule has 2 aliphatic rings. The zero-order chi connectivity index (χ0) is 37.6. The number of benzene rings is 4. The zero-order valence-corrected chi connectivity index (χ0v) is 26.5. The van der Waals surface area contributed by atoms with Crippen molar-refractivity contribution in [2.24, 2.45) is 0 Å². The summed E-state index contributed by atoms with van der Waals surface area (Å²) >= 11 is 0. The lowest BCUT2D eigenvalue weighted by atomic mass is 9.92. The Bertz CT molecular complexity index is 2060. The van der Waals surface area contributed by atoms with Crippen LogP contribution in [-0.2, 0) is 20.6 Å². The maximum atomic E-state index is 13.6. The molecule has 2 heterocycles. The lowest BCUT2D eigenvalue weighted by Crippen LogP contribution is -2.61. The van der Waals surface area contributed by atoms with E-state index in [1.165, 1.54) is 0 Å². The van der Waals surface area contributed by atoms with Crippen molar-refractivity contribution in [2.75, 3.05) is 6.61 Å². The molecule has 52 heavy (non-hydrogen) atoms. The van der Waals surface area contributed by atoms with Gasteiger partial charge in [0.2, 0.25) is 17.8 Å². The Labute approximate surface area is 291 Å². The molecule has 0 radical (unpaired) electrons. The molecule has 4 aromatic carbocycles. The monoisotopic (exact) mass is 722 g/mol. The van der Waals surface area contributed by atoms with Crippen LogP contribution in [0.5, 0.6) is 51.7 Å². The van der Waals surface area contributed by atoms with Crippen molar-refractivity contribution >= 4 is 17.7 Å². The number of hydrogen-bond donors (Lipinski definition) is 10. The SMILES string of the molecule is O=C1OC[C@@H]2O[C@H](Oc3cc(O)c(C(=O)CCc4ccccc4)c(O)c3)[C@@H](O)[C@@H](O)[C@@H]2OC(=O)c2cc(O)c(O)c(O)c2-c2c1cc(O)c(O)c2O. The average Bonchev–Trinajstić information content (AvgIpc) is 3.12. The fourth-order valence-electron chi connectivity index (χ4n) is 5.92. The van der Waals surface area contributed by atoms with Crippen LogP contribution in [0.15, 0.2) is 54.6 Å². The van der Waals surface area contributed by atoms with Gasteiger partial charge in [-0.1, -0.05) is 30.3 Å². The molecule has 272 valence electrons. The summed E-state index contributed by atoms with van der Waals surface area (Å²) in [6.45, 7) is -0.882. The lowest BCUT2D eigenvalue weighted by Gasteiger charge is -2.41.